The van der Waals surface area contributed by atoms with E-state index in [0.717, 1.165) is 0 Å². The Hall–Kier alpha value is -3.23. The van der Waals surface area contributed by atoms with Crippen LogP contribution in [0.15, 0.2) is 23.8 Å². The van der Waals surface area contributed by atoms with Gasteiger partial charge < -0.3 is 30.2 Å². The number of nitrogens with one attached hydrogen (secondary N) is 1. The summed E-state index contributed by atoms with van der Waals surface area (Å²) >= 11 is 0. The number of carbonyl (C=O) groups excluding carboxylic acids is 4. The molecule has 0 radical (unpaired) electrons. The third-order valence-corrected chi connectivity index (χ3v) is 10.3. The van der Waals surface area contributed by atoms with Crippen molar-refractivity contribution in [1.29, 1.82) is 0 Å². The maximum absolute atomic E-state index is 17.2. The molecule has 0 unspecified atom stereocenters. The third-order valence-electron chi connectivity index (χ3n) is 10.3. The predicted octanol–water partition coefficient (Wildman–Crippen LogP) is 1.06. The minimum atomic E-state index is -2.43. The molecule has 4 N–H and O–H groups in total. The standard InChI is InChI=1S/C29H39FN2O11/c1-26-10-9-18(33)12-17(26)7-8-19-20-13-21(34)29(39,27(20,2)14-22(35)28(19,26)30)23(36)16-42-25(38)15-31-24(37)6-4-3-5-11-43-32(40)41/h9-10,12,19-22,34-35,39H,3-8,11,13-16H2,1-2H3,(H,31,37)/t19-,20-,21-,22-,26-,27-,28-,29-/m0/s1. The van der Waals surface area contributed by atoms with Crippen LogP contribution >= 0.6 is 0 Å². The highest BCUT2D eigenvalue weighted by atomic mass is 19.1. The number of amides is 1. The number of allylic oxidation sites excluding steroid dienone is 4. The molecule has 0 saturated heterocycles. The molecule has 238 valence electrons. The molecule has 4 rings (SSSR count). The normalized spacial score (nSPS) is 37.8. The summed E-state index contributed by atoms with van der Waals surface area (Å²) in [4.78, 5) is 63.8. The van der Waals surface area contributed by atoms with Gasteiger partial charge >= 0.3 is 5.97 Å². The van der Waals surface area contributed by atoms with Gasteiger partial charge in [-0.2, -0.15) is 0 Å². The molecule has 4 aliphatic carbocycles. The largest absolute Gasteiger partial charge is 0.456 e. The maximum Gasteiger partial charge on any atom is 0.325 e. The van der Waals surface area contributed by atoms with Crippen LogP contribution in [0.1, 0.15) is 65.2 Å². The maximum atomic E-state index is 17.2. The van der Waals surface area contributed by atoms with E-state index in [1.165, 1.54) is 25.2 Å². The lowest BCUT2D eigenvalue weighted by Crippen LogP contribution is -2.69. The van der Waals surface area contributed by atoms with E-state index in [1.54, 1.807) is 6.92 Å². The van der Waals surface area contributed by atoms with Crippen LogP contribution in [0, 0.1) is 32.8 Å². The van der Waals surface area contributed by atoms with E-state index in [9.17, 15) is 44.6 Å². The van der Waals surface area contributed by atoms with E-state index in [1.807, 2.05) is 0 Å². The average molecular weight is 611 g/mol. The number of aliphatic hydroxyl groups excluding tert-OH is 2. The fourth-order valence-corrected chi connectivity index (χ4v) is 8.00. The fourth-order valence-electron chi connectivity index (χ4n) is 8.00. The number of aliphatic hydroxyl groups is 3. The predicted molar refractivity (Wildman–Crippen MR) is 145 cm³/mol. The lowest BCUT2D eigenvalue weighted by molar-refractivity contribution is -0.757. The summed E-state index contributed by atoms with van der Waals surface area (Å²) in [6, 6.07) is 0. The molecule has 0 spiro atoms. The molecule has 0 aliphatic heterocycles. The number of ether oxygens (including phenoxy) is 1. The highest BCUT2D eigenvalue weighted by Crippen LogP contribution is 2.69. The number of ketones is 2. The first kappa shape index (κ1) is 32.7. The SMILES string of the molecule is C[C@]12C=CC(=O)C=C1CC[C@H]1[C@@H]3C[C@H](O)[C@](O)(C(=O)COC(=O)CNC(=O)CCCCCO[N+](=O)[O-])[C@@]3(C)C[C@H](O)[C@@]12F. The van der Waals surface area contributed by atoms with E-state index in [4.69, 9.17) is 4.74 Å². The van der Waals surface area contributed by atoms with Crippen LogP contribution in [0.5, 0.6) is 0 Å². The average Bonchev–Trinajstić information content (AvgIpc) is 3.14. The van der Waals surface area contributed by atoms with Gasteiger partial charge in [0.25, 0.3) is 5.09 Å². The lowest BCUT2D eigenvalue weighted by atomic mass is 9.44. The number of rotatable bonds is 12. The number of nitrogens with zero attached hydrogens (tertiary/aromatic N) is 1. The zero-order chi connectivity index (χ0) is 31.8. The molecule has 0 aromatic rings. The molecule has 14 heteroatoms. The minimum Gasteiger partial charge on any atom is -0.456 e. The van der Waals surface area contributed by atoms with E-state index in [0.29, 0.717) is 31.3 Å². The van der Waals surface area contributed by atoms with Crippen molar-refractivity contribution in [2.45, 2.75) is 88.7 Å². The number of fused-ring (bicyclic) bond motifs is 5. The van der Waals surface area contributed by atoms with Gasteiger partial charge in [-0.15, -0.1) is 10.1 Å². The van der Waals surface area contributed by atoms with Crippen LogP contribution in [-0.4, -0.2) is 87.1 Å². The van der Waals surface area contributed by atoms with Crippen LogP contribution in [0.25, 0.3) is 0 Å². The number of unbranched alkanes of at least 4 members (excludes halogenated alkanes) is 2. The monoisotopic (exact) mass is 610 g/mol. The number of esters is 1. The first-order chi connectivity index (χ1) is 20.1. The molecule has 3 saturated carbocycles. The minimum absolute atomic E-state index is 0.0539. The molecule has 3 fully saturated rings. The Morgan fingerprint density at radius 2 is 1.88 bits per heavy atom. The van der Waals surface area contributed by atoms with Gasteiger partial charge in [-0.1, -0.05) is 25.0 Å². The van der Waals surface area contributed by atoms with E-state index in [2.05, 4.69) is 10.2 Å². The van der Waals surface area contributed by atoms with Gasteiger partial charge in [0.1, 0.15) is 6.54 Å². The summed E-state index contributed by atoms with van der Waals surface area (Å²) in [6.45, 7) is 1.63. The Morgan fingerprint density at radius 3 is 2.58 bits per heavy atom. The Labute approximate surface area is 247 Å². The number of halogens is 1. The smallest absolute Gasteiger partial charge is 0.325 e. The van der Waals surface area contributed by atoms with Crippen molar-refractivity contribution in [2.75, 3.05) is 19.8 Å². The van der Waals surface area contributed by atoms with Crippen molar-refractivity contribution in [3.8, 4) is 0 Å². The van der Waals surface area contributed by atoms with E-state index in [-0.39, 0.29) is 38.1 Å². The van der Waals surface area contributed by atoms with Crippen molar-refractivity contribution in [3.63, 3.8) is 0 Å². The van der Waals surface area contributed by atoms with Crippen LogP contribution in [0.2, 0.25) is 0 Å². The Morgan fingerprint density at radius 1 is 1.16 bits per heavy atom. The molecular formula is C29H39FN2O11. The second kappa shape index (κ2) is 12.0. The zero-order valence-corrected chi connectivity index (χ0v) is 24.3. The number of alkyl halides is 1. The molecule has 1 amide bonds. The van der Waals surface area contributed by atoms with Gasteiger partial charge in [-0.25, -0.2) is 4.39 Å². The lowest BCUT2D eigenvalue weighted by Gasteiger charge is -2.62. The quantitative estimate of drug-likeness (QED) is 0.106. The summed E-state index contributed by atoms with van der Waals surface area (Å²) < 4.78 is 22.2. The molecule has 0 heterocycles. The van der Waals surface area contributed by atoms with E-state index >= 15 is 4.39 Å². The van der Waals surface area contributed by atoms with Gasteiger partial charge in [0.2, 0.25) is 11.7 Å². The highest BCUT2D eigenvalue weighted by molar-refractivity contribution is 6.01. The second-order valence-electron chi connectivity index (χ2n) is 12.5. The van der Waals surface area contributed by atoms with Crippen molar-refractivity contribution < 1.29 is 53.5 Å². The van der Waals surface area contributed by atoms with Gasteiger partial charge in [0.05, 0.1) is 18.8 Å². The summed E-state index contributed by atoms with van der Waals surface area (Å²) in [5.74, 6) is -4.21. The Bertz CT molecular complexity index is 1240. The Balaban J connectivity index is 1.36. The number of Topliss-reactive ketones (excluding diaryl/α,β-unsaturated/α-hetero) is 1. The zero-order valence-electron chi connectivity index (χ0n) is 24.3. The van der Waals surface area contributed by atoms with Gasteiger partial charge in [0, 0.05) is 23.2 Å². The summed E-state index contributed by atoms with van der Waals surface area (Å²) in [5, 5.41) is 45.6. The molecule has 4 aliphatic rings. The van der Waals surface area contributed by atoms with Crippen LogP contribution in [-0.2, 0) is 28.8 Å². The fraction of sp³-hybridized carbons (Fsp3) is 0.724. The van der Waals surface area contributed by atoms with Crippen LogP contribution in [0.4, 0.5) is 4.39 Å². The Kier molecular flexibility index (Phi) is 9.15. The molecule has 43 heavy (non-hydrogen) atoms. The van der Waals surface area contributed by atoms with Crippen LogP contribution < -0.4 is 5.32 Å². The third kappa shape index (κ3) is 5.48. The van der Waals surface area contributed by atoms with Gasteiger partial charge in [-0.05, 0) is 63.5 Å². The first-order valence-electron chi connectivity index (χ1n) is 14.6. The molecule has 0 aromatic carbocycles. The number of hydrogen-bond acceptors (Lipinski definition) is 11. The molecule has 0 aromatic heterocycles. The van der Waals surface area contributed by atoms with E-state index < -0.39 is 82.0 Å². The summed E-state index contributed by atoms with van der Waals surface area (Å²) in [7, 11) is 0. The van der Waals surface area contributed by atoms with Crippen molar-refractivity contribution >= 4 is 23.4 Å². The van der Waals surface area contributed by atoms with Crippen LogP contribution in [0.3, 0.4) is 0 Å². The topological polar surface area (TPSA) is 203 Å². The molecular weight excluding hydrogens is 571 g/mol. The molecule has 8 atom stereocenters. The molecule has 0 bridgehead atoms. The van der Waals surface area contributed by atoms with Crippen molar-refractivity contribution in [3.05, 3.63) is 33.9 Å². The van der Waals surface area contributed by atoms with Crippen molar-refractivity contribution in [2.24, 2.45) is 22.7 Å². The van der Waals surface area contributed by atoms with Gasteiger partial charge in [-0.3, -0.25) is 19.2 Å². The summed E-state index contributed by atoms with van der Waals surface area (Å²) in [5.41, 5.74) is -6.78. The molecule has 13 nitrogen and oxygen atoms in total. The summed E-state index contributed by atoms with van der Waals surface area (Å²) in [6.07, 6.45) is 2.43. The second-order valence-corrected chi connectivity index (χ2v) is 12.5. The van der Waals surface area contributed by atoms with Crippen molar-refractivity contribution in [1.82, 2.24) is 5.32 Å². The number of carbonyl (C=O) groups is 4. The highest BCUT2D eigenvalue weighted by Gasteiger charge is 2.76. The first-order valence-corrected chi connectivity index (χ1v) is 14.6. The van der Waals surface area contributed by atoms with Gasteiger partial charge in [0.15, 0.2) is 23.7 Å². The number of hydrogen-bond donors (Lipinski definition) is 4.